The highest BCUT2D eigenvalue weighted by Gasteiger charge is 2.21. The van der Waals surface area contributed by atoms with Crippen molar-refractivity contribution in [1.29, 1.82) is 0 Å². The molecule has 0 aliphatic carbocycles. The van der Waals surface area contributed by atoms with Crippen LogP contribution in [-0.4, -0.2) is 12.6 Å². The largest absolute Gasteiger partial charge is 0.462 e. The number of hydrogen-bond acceptors (Lipinski definition) is 6. The summed E-state index contributed by atoms with van der Waals surface area (Å²) in [5, 5.41) is 3.81. The smallest absolute Gasteiger partial charge is 0.348 e. The molecular formula is C17H8Br2O2S4. The van der Waals surface area contributed by atoms with Crippen molar-refractivity contribution in [1.82, 2.24) is 0 Å². The van der Waals surface area contributed by atoms with Crippen LogP contribution in [0.1, 0.15) is 16.6 Å². The van der Waals surface area contributed by atoms with Crippen LogP contribution in [0.2, 0.25) is 0 Å². The van der Waals surface area contributed by atoms with Gasteiger partial charge in [-0.2, -0.15) is 0 Å². The number of hydrogen-bond donors (Lipinski definition) is 0. The van der Waals surface area contributed by atoms with Crippen LogP contribution in [0.25, 0.3) is 39.7 Å². The second kappa shape index (κ2) is 6.00. The van der Waals surface area contributed by atoms with E-state index in [9.17, 15) is 4.79 Å². The normalized spacial score (nSPS) is 12.1. The molecule has 0 spiro atoms. The summed E-state index contributed by atoms with van der Waals surface area (Å²) in [6.07, 6.45) is 0. The first-order valence-corrected chi connectivity index (χ1v) is 12.2. The summed E-state index contributed by atoms with van der Waals surface area (Å²) in [5.41, 5.74) is 0. The van der Waals surface area contributed by atoms with Crippen LogP contribution in [-0.2, 0) is 4.74 Å². The Kier molecular flexibility index (Phi) is 4.00. The Morgan fingerprint density at radius 2 is 1.60 bits per heavy atom. The van der Waals surface area contributed by atoms with E-state index in [1.807, 2.05) is 13.0 Å². The van der Waals surface area contributed by atoms with Crippen molar-refractivity contribution < 1.29 is 9.53 Å². The molecule has 25 heavy (non-hydrogen) atoms. The lowest BCUT2D eigenvalue weighted by Crippen LogP contribution is -2.01. The van der Waals surface area contributed by atoms with Crippen LogP contribution >= 0.6 is 77.2 Å². The predicted octanol–water partition coefficient (Wildman–Crippen LogP) is 8.25. The molecule has 0 radical (unpaired) electrons. The summed E-state index contributed by atoms with van der Waals surface area (Å²) < 4.78 is 13.7. The summed E-state index contributed by atoms with van der Waals surface area (Å²) in [5.74, 6) is -0.230. The number of ether oxygens (including phenoxy) is 1. The lowest BCUT2D eigenvalue weighted by Gasteiger charge is -1.98. The van der Waals surface area contributed by atoms with Gasteiger partial charge in [0.05, 0.1) is 28.3 Å². The second-order valence-corrected chi connectivity index (χ2v) is 12.4. The molecule has 126 valence electrons. The molecule has 0 unspecified atom stereocenters. The number of benzene rings is 1. The van der Waals surface area contributed by atoms with Gasteiger partial charge in [-0.1, -0.05) is 0 Å². The zero-order valence-corrected chi connectivity index (χ0v) is 19.1. The highest BCUT2D eigenvalue weighted by atomic mass is 79.9. The summed E-state index contributed by atoms with van der Waals surface area (Å²) >= 11 is 14.1. The first kappa shape index (κ1) is 16.6. The minimum atomic E-state index is -0.230. The molecular weight excluding hydrogens is 524 g/mol. The average molecular weight is 532 g/mol. The Morgan fingerprint density at radius 1 is 0.920 bits per heavy atom. The molecule has 0 aliphatic heterocycles. The van der Waals surface area contributed by atoms with Crippen LogP contribution < -0.4 is 0 Å². The minimum Gasteiger partial charge on any atom is -0.462 e. The van der Waals surface area contributed by atoms with Gasteiger partial charge in [-0.25, -0.2) is 4.79 Å². The lowest BCUT2D eigenvalue weighted by molar-refractivity contribution is 0.0532. The van der Waals surface area contributed by atoms with Gasteiger partial charge in [-0.3, -0.25) is 0 Å². The van der Waals surface area contributed by atoms with Crippen molar-refractivity contribution in [3.63, 3.8) is 0 Å². The maximum atomic E-state index is 12.1. The van der Waals surface area contributed by atoms with Gasteiger partial charge in [0.15, 0.2) is 0 Å². The molecule has 2 nitrogen and oxygen atoms in total. The maximum absolute atomic E-state index is 12.1. The van der Waals surface area contributed by atoms with Crippen LogP contribution in [0.3, 0.4) is 0 Å². The van der Waals surface area contributed by atoms with Crippen molar-refractivity contribution >= 4 is 123 Å². The number of esters is 1. The molecule has 4 aromatic heterocycles. The van der Waals surface area contributed by atoms with Crippen LogP contribution in [0.4, 0.5) is 0 Å². The third kappa shape index (κ3) is 2.45. The van der Waals surface area contributed by atoms with E-state index >= 15 is 0 Å². The summed E-state index contributed by atoms with van der Waals surface area (Å²) in [6.45, 7) is 2.23. The molecule has 8 heteroatoms. The van der Waals surface area contributed by atoms with E-state index in [-0.39, 0.29) is 5.97 Å². The van der Waals surface area contributed by atoms with Gasteiger partial charge >= 0.3 is 5.97 Å². The summed E-state index contributed by atoms with van der Waals surface area (Å²) in [7, 11) is 0. The Hall–Kier alpha value is -0.510. The van der Waals surface area contributed by atoms with Crippen molar-refractivity contribution in [2.75, 3.05) is 6.61 Å². The van der Waals surface area contributed by atoms with E-state index in [1.54, 1.807) is 34.0 Å². The van der Waals surface area contributed by atoms with E-state index in [0.717, 1.165) is 12.3 Å². The van der Waals surface area contributed by atoms with E-state index in [1.165, 1.54) is 46.3 Å². The highest BCUT2D eigenvalue weighted by molar-refractivity contribution is 9.11. The Bertz CT molecular complexity index is 1300. The lowest BCUT2D eigenvalue weighted by atomic mass is 10.1. The Balaban J connectivity index is 1.94. The van der Waals surface area contributed by atoms with Gasteiger partial charge in [-0.05, 0) is 57.0 Å². The molecule has 0 saturated carbocycles. The Labute approximate surface area is 175 Å². The molecule has 0 amide bonds. The molecule has 0 bridgehead atoms. The third-order valence-corrected chi connectivity index (χ3v) is 9.84. The van der Waals surface area contributed by atoms with Gasteiger partial charge in [0, 0.05) is 25.6 Å². The minimum absolute atomic E-state index is 0.230. The van der Waals surface area contributed by atoms with Gasteiger partial charge in [0.25, 0.3) is 0 Å². The van der Waals surface area contributed by atoms with E-state index in [4.69, 9.17) is 4.74 Å². The van der Waals surface area contributed by atoms with Crippen molar-refractivity contribution in [3.8, 4) is 0 Å². The van der Waals surface area contributed by atoms with Gasteiger partial charge in [-0.15, -0.1) is 45.3 Å². The molecule has 5 rings (SSSR count). The molecule has 0 N–H and O–H groups in total. The van der Waals surface area contributed by atoms with Crippen molar-refractivity contribution in [2.45, 2.75) is 6.92 Å². The third-order valence-electron chi connectivity index (χ3n) is 3.96. The number of fused-ring (bicyclic) bond motifs is 8. The maximum Gasteiger partial charge on any atom is 0.348 e. The first-order valence-electron chi connectivity index (χ1n) is 7.40. The standard InChI is InChI=1S/C17H8Br2O2S4/c1-2-21-17(20)9-5-8-16(23-9)12-6-3-10(18)24-14(6)15-7(13(12)22-8)4-11(19)25-15/h3-5H,2H2,1H3. The number of carbonyl (C=O) groups excluding carboxylic acids is 1. The van der Waals surface area contributed by atoms with Crippen LogP contribution in [0, 0.1) is 0 Å². The fraction of sp³-hybridized carbons (Fsp3) is 0.118. The average Bonchev–Trinajstić information content (AvgIpc) is 3.27. The number of carbonyl (C=O) groups is 1. The zero-order valence-electron chi connectivity index (χ0n) is 12.6. The first-order chi connectivity index (χ1) is 12.1. The SMILES string of the molecule is CCOC(=O)c1cc2sc3c4cc(Br)sc4c4sc(Br)cc4c3c2s1. The Morgan fingerprint density at radius 3 is 2.32 bits per heavy atom. The van der Waals surface area contributed by atoms with E-state index in [0.29, 0.717) is 11.5 Å². The van der Waals surface area contributed by atoms with Crippen LogP contribution in [0.15, 0.2) is 25.8 Å². The molecule has 5 aromatic rings. The molecule has 0 saturated heterocycles. The second-order valence-electron chi connectivity index (χ2n) is 5.42. The predicted molar refractivity (Wildman–Crippen MR) is 119 cm³/mol. The summed E-state index contributed by atoms with van der Waals surface area (Å²) in [4.78, 5) is 12.8. The van der Waals surface area contributed by atoms with Gasteiger partial charge in [0.2, 0.25) is 0 Å². The number of halogens is 2. The quantitative estimate of drug-likeness (QED) is 0.214. The van der Waals surface area contributed by atoms with E-state index in [2.05, 4.69) is 44.0 Å². The van der Waals surface area contributed by atoms with Crippen molar-refractivity contribution in [3.05, 3.63) is 30.6 Å². The van der Waals surface area contributed by atoms with Crippen LogP contribution in [0.5, 0.6) is 0 Å². The molecule has 4 heterocycles. The fourth-order valence-corrected chi connectivity index (χ4v) is 9.05. The van der Waals surface area contributed by atoms with Gasteiger partial charge in [0.1, 0.15) is 4.88 Å². The molecule has 1 aromatic carbocycles. The van der Waals surface area contributed by atoms with Gasteiger partial charge < -0.3 is 4.74 Å². The van der Waals surface area contributed by atoms with Crippen molar-refractivity contribution in [2.24, 2.45) is 0 Å². The molecule has 0 aliphatic rings. The number of thiophene rings is 4. The molecule has 0 fully saturated rings. The summed E-state index contributed by atoms with van der Waals surface area (Å²) in [6, 6.07) is 6.39. The monoisotopic (exact) mass is 530 g/mol. The topological polar surface area (TPSA) is 26.3 Å². The zero-order chi connectivity index (χ0) is 17.3. The highest BCUT2D eigenvalue weighted by Crippen LogP contribution is 2.51. The number of rotatable bonds is 2. The fourth-order valence-electron chi connectivity index (χ4n) is 3.04. The van der Waals surface area contributed by atoms with E-state index < -0.39 is 0 Å². The molecule has 0 atom stereocenters.